The SMILES string of the molecule is CC(C)c1ccc(-c2csc3ccccc23)cc1CN(C(=O)c1cn[nH]c1C(F)F)C1CC1. The largest absolute Gasteiger partial charge is 0.331 e. The number of aromatic nitrogens is 2. The fourth-order valence-corrected chi connectivity index (χ4v) is 5.37. The first-order valence-electron chi connectivity index (χ1n) is 11.2. The van der Waals surface area contributed by atoms with Gasteiger partial charge >= 0.3 is 0 Å². The maximum Gasteiger partial charge on any atom is 0.280 e. The minimum Gasteiger partial charge on any atom is -0.331 e. The summed E-state index contributed by atoms with van der Waals surface area (Å²) in [5.74, 6) is -0.113. The van der Waals surface area contributed by atoms with Gasteiger partial charge in [-0.05, 0) is 53.0 Å². The van der Waals surface area contributed by atoms with E-state index in [0.717, 1.165) is 29.5 Å². The maximum absolute atomic E-state index is 13.4. The Morgan fingerprint density at radius 1 is 1.21 bits per heavy atom. The van der Waals surface area contributed by atoms with Crippen LogP contribution in [0.4, 0.5) is 8.78 Å². The second-order valence-electron chi connectivity index (χ2n) is 8.88. The number of rotatable bonds is 7. The third kappa shape index (κ3) is 4.17. The molecule has 2 heterocycles. The van der Waals surface area contributed by atoms with Crippen LogP contribution in [-0.2, 0) is 6.54 Å². The number of carbonyl (C=O) groups excluding carboxylic acids is 1. The molecule has 2 aromatic heterocycles. The van der Waals surface area contributed by atoms with E-state index in [0.29, 0.717) is 6.54 Å². The second-order valence-corrected chi connectivity index (χ2v) is 9.79. The molecule has 0 radical (unpaired) electrons. The minimum atomic E-state index is -2.77. The van der Waals surface area contributed by atoms with Gasteiger partial charge in [0.1, 0.15) is 5.69 Å². The number of amides is 1. The molecule has 1 saturated carbocycles. The van der Waals surface area contributed by atoms with Crippen molar-refractivity contribution in [2.45, 2.75) is 51.6 Å². The molecule has 33 heavy (non-hydrogen) atoms. The zero-order chi connectivity index (χ0) is 23.1. The molecule has 7 heteroatoms. The number of hydrogen-bond acceptors (Lipinski definition) is 3. The first-order valence-corrected chi connectivity index (χ1v) is 12.0. The Morgan fingerprint density at radius 3 is 2.73 bits per heavy atom. The third-order valence-electron chi connectivity index (χ3n) is 6.26. The van der Waals surface area contributed by atoms with Gasteiger partial charge in [0.15, 0.2) is 0 Å². The first-order chi connectivity index (χ1) is 15.9. The molecule has 5 rings (SSSR count). The summed E-state index contributed by atoms with van der Waals surface area (Å²) >= 11 is 1.72. The van der Waals surface area contributed by atoms with Gasteiger partial charge in [0.25, 0.3) is 12.3 Å². The maximum atomic E-state index is 13.4. The Bertz CT molecular complexity index is 1310. The quantitative estimate of drug-likeness (QED) is 0.315. The molecule has 1 aliphatic carbocycles. The van der Waals surface area contributed by atoms with Crippen LogP contribution in [0.1, 0.15) is 66.2 Å². The van der Waals surface area contributed by atoms with Crippen molar-refractivity contribution >= 4 is 27.3 Å². The number of hydrogen-bond donors (Lipinski definition) is 1. The molecule has 0 unspecified atom stereocenters. The summed E-state index contributed by atoms with van der Waals surface area (Å²) in [6.07, 6.45) is 0.226. The Morgan fingerprint density at radius 2 is 2.00 bits per heavy atom. The van der Waals surface area contributed by atoms with E-state index in [9.17, 15) is 13.6 Å². The average molecular weight is 466 g/mol. The molecule has 0 saturated heterocycles. The van der Waals surface area contributed by atoms with Gasteiger partial charge in [0.05, 0.1) is 11.8 Å². The summed E-state index contributed by atoms with van der Waals surface area (Å²) in [7, 11) is 0. The van der Waals surface area contributed by atoms with Crippen LogP contribution in [0.3, 0.4) is 0 Å². The van der Waals surface area contributed by atoms with Crippen LogP contribution in [0.2, 0.25) is 0 Å². The van der Waals surface area contributed by atoms with Gasteiger partial charge in [0, 0.05) is 28.2 Å². The normalized spacial score (nSPS) is 13.9. The number of benzene rings is 2. The monoisotopic (exact) mass is 465 g/mol. The van der Waals surface area contributed by atoms with Crippen molar-refractivity contribution < 1.29 is 13.6 Å². The van der Waals surface area contributed by atoms with Crippen LogP contribution in [0.5, 0.6) is 0 Å². The summed E-state index contributed by atoms with van der Waals surface area (Å²) in [4.78, 5) is 15.1. The Labute approximate surface area is 195 Å². The van der Waals surface area contributed by atoms with Crippen molar-refractivity contribution in [3.8, 4) is 11.1 Å². The standard InChI is InChI=1S/C26H25F2N3OS/c1-15(2)19-10-7-16(22-14-33-23-6-4-3-5-20(22)23)11-17(19)13-31(18-8-9-18)26(32)21-12-29-30-24(21)25(27)28/h3-7,10-12,14-15,18,25H,8-9,13H2,1-2H3,(H,29,30). The number of nitrogens with one attached hydrogen (secondary N) is 1. The zero-order valence-corrected chi connectivity index (χ0v) is 19.3. The molecule has 1 aliphatic rings. The molecule has 170 valence electrons. The first kappa shape index (κ1) is 21.8. The van der Waals surface area contributed by atoms with E-state index in [1.165, 1.54) is 21.8 Å². The van der Waals surface area contributed by atoms with Crippen molar-refractivity contribution in [2.75, 3.05) is 0 Å². The summed E-state index contributed by atoms with van der Waals surface area (Å²) < 4.78 is 28.0. The summed E-state index contributed by atoms with van der Waals surface area (Å²) in [5.41, 5.74) is 4.05. The number of halogens is 2. The van der Waals surface area contributed by atoms with Gasteiger partial charge in [-0.25, -0.2) is 8.78 Å². The van der Waals surface area contributed by atoms with Crippen molar-refractivity contribution in [2.24, 2.45) is 0 Å². The molecule has 1 fully saturated rings. The number of nitrogens with zero attached hydrogens (tertiary/aromatic N) is 2. The van der Waals surface area contributed by atoms with E-state index in [-0.39, 0.29) is 23.4 Å². The zero-order valence-electron chi connectivity index (χ0n) is 18.5. The number of carbonyl (C=O) groups is 1. The fourth-order valence-electron chi connectivity index (χ4n) is 4.40. The molecule has 1 N–H and O–H groups in total. The molecular formula is C26H25F2N3OS. The van der Waals surface area contributed by atoms with Crippen LogP contribution >= 0.6 is 11.3 Å². The molecule has 2 aromatic carbocycles. The lowest BCUT2D eigenvalue weighted by atomic mass is 9.92. The van der Waals surface area contributed by atoms with Crippen molar-refractivity contribution in [3.63, 3.8) is 0 Å². The molecular weight excluding hydrogens is 440 g/mol. The van der Waals surface area contributed by atoms with E-state index in [2.05, 4.69) is 59.8 Å². The molecule has 0 spiro atoms. The smallest absolute Gasteiger partial charge is 0.280 e. The number of alkyl halides is 2. The van der Waals surface area contributed by atoms with E-state index in [1.54, 1.807) is 16.2 Å². The van der Waals surface area contributed by atoms with Crippen LogP contribution in [0.25, 0.3) is 21.2 Å². The Hall–Kier alpha value is -3.06. The van der Waals surface area contributed by atoms with E-state index in [4.69, 9.17) is 0 Å². The summed E-state index contributed by atoms with van der Waals surface area (Å²) in [6, 6.07) is 14.8. The topological polar surface area (TPSA) is 49.0 Å². The molecule has 0 aliphatic heterocycles. The van der Waals surface area contributed by atoms with Crippen LogP contribution < -0.4 is 0 Å². The number of aromatic amines is 1. The van der Waals surface area contributed by atoms with Crippen LogP contribution in [0, 0.1) is 0 Å². The van der Waals surface area contributed by atoms with Gasteiger partial charge in [-0.15, -0.1) is 11.3 Å². The van der Waals surface area contributed by atoms with Crippen molar-refractivity contribution in [1.82, 2.24) is 15.1 Å². The fraction of sp³-hybridized carbons (Fsp3) is 0.308. The number of fused-ring (bicyclic) bond motifs is 1. The highest BCUT2D eigenvalue weighted by molar-refractivity contribution is 7.17. The van der Waals surface area contributed by atoms with Crippen molar-refractivity contribution in [1.29, 1.82) is 0 Å². The number of thiophene rings is 1. The summed E-state index contributed by atoms with van der Waals surface area (Å²) in [5, 5.41) is 9.38. The van der Waals surface area contributed by atoms with Gasteiger partial charge in [-0.3, -0.25) is 9.89 Å². The third-order valence-corrected chi connectivity index (χ3v) is 7.23. The predicted octanol–water partition coefficient (Wildman–Crippen LogP) is 7.16. The Kier molecular flexibility index (Phi) is 5.74. The minimum absolute atomic E-state index is 0.0389. The van der Waals surface area contributed by atoms with Crippen molar-refractivity contribution in [3.05, 3.63) is 76.4 Å². The molecule has 4 aromatic rings. The predicted molar refractivity (Wildman–Crippen MR) is 128 cm³/mol. The average Bonchev–Trinajstić information content (AvgIpc) is 3.35. The second kappa shape index (κ2) is 8.71. The van der Waals surface area contributed by atoms with Gasteiger partial charge in [-0.1, -0.05) is 44.2 Å². The number of H-pyrrole nitrogens is 1. The van der Waals surface area contributed by atoms with Crippen LogP contribution in [-0.4, -0.2) is 27.0 Å². The van der Waals surface area contributed by atoms with E-state index >= 15 is 0 Å². The van der Waals surface area contributed by atoms with E-state index in [1.807, 2.05) is 12.1 Å². The molecule has 4 nitrogen and oxygen atoms in total. The lowest BCUT2D eigenvalue weighted by Gasteiger charge is -2.25. The van der Waals surface area contributed by atoms with E-state index < -0.39 is 12.1 Å². The summed E-state index contributed by atoms with van der Waals surface area (Å²) in [6.45, 7) is 4.65. The lowest BCUT2D eigenvalue weighted by molar-refractivity contribution is 0.0717. The Balaban J connectivity index is 1.53. The van der Waals surface area contributed by atoms with Crippen LogP contribution in [0.15, 0.2) is 54.0 Å². The van der Waals surface area contributed by atoms with Gasteiger partial charge < -0.3 is 4.90 Å². The highest BCUT2D eigenvalue weighted by atomic mass is 32.1. The van der Waals surface area contributed by atoms with Gasteiger partial charge in [-0.2, -0.15) is 5.10 Å². The molecule has 0 bridgehead atoms. The highest BCUT2D eigenvalue weighted by Crippen LogP contribution is 2.37. The van der Waals surface area contributed by atoms with Gasteiger partial charge in [0.2, 0.25) is 0 Å². The highest BCUT2D eigenvalue weighted by Gasteiger charge is 2.36. The molecule has 1 amide bonds. The molecule has 0 atom stereocenters. The lowest BCUT2D eigenvalue weighted by Crippen LogP contribution is -2.33.